The standard InChI is InChI=1S/C16H22N2O3/c1-12-5-3-4-6-14(12)16(20)18-9-7-13(8-10-18)17-15(19)11-21-2/h3-6,13H,7-11H2,1-2H3,(H,17,19). The first kappa shape index (κ1) is 15.5. The number of nitrogens with one attached hydrogen (secondary N) is 1. The first-order valence-corrected chi connectivity index (χ1v) is 7.25. The van der Waals surface area contributed by atoms with Crippen LogP contribution in [0.1, 0.15) is 28.8 Å². The van der Waals surface area contributed by atoms with E-state index in [-0.39, 0.29) is 24.5 Å². The number of ether oxygens (including phenoxy) is 1. The molecule has 0 aliphatic carbocycles. The molecule has 0 radical (unpaired) electrons. The summed E-state index contributed by atoms with van der Waals surface area (Å²) in [6.07, 6.45) is 1.57. The molecule has 2 amide bonds. The number of aryl methyl sites for hydroxylation is 1. The summed E-state index contributed by atoms with van der Waals surface area (Å²) in [6.45, 7) is 3.38. The second-order valence-electron chi connectivity index (χ2n) is 5.38. The van der Waals surface area contributed by atoms with Gasteiger partial charge in [0.15, 0.2) is 0 Å². The zero-order valence-corrected chi connectivity index (χ0v) is 12.6. The molecule has 0 aromatic heterocycles. The van der Waals surface area contributed by atoms with Crippen LogP contribution in [0, 0.1) is 6.92 Å². The van der Waals surface area contributed by atoms with Gasteiger partial charge in [-0.2, -0.15) is 0 Å². The molecule has 1 fully saturated rings. The third-order valence-electron chi connectivity index (χ3n) is 3.80. The Morgan fingerprint density at radius 1 is 1.29 bits per heavy atom. The normalized spacial score (nSPS) is 15.8. The highest BCUT2D eigenvalue weighted by atomic mass is 16.5. The minimum Gasteiger partial charge on any atom is -0.375 e. The van der Waals surface area contributed by atoms with Crippen molar-refractivity contribution < 1.29 is 14.3 Å². The topological polar surface area (TPSA) is 58.6 Å². The largest absolute Gasteiger partial charge is 0.375 e. The predicted molar refractivity (Wildman–Crippen MR) is 80.1 cm³/mol. The summed E-state index contributed by atoms with van der Waals surface area (Å²) in [5.41, 5.74) is 1.76. The number of amides is 2. The molecule has 1 aromatic rings. The van der Waals surface area contributed by atoms with Gasteiger partial charge in [0, 0.05) is 31.8 Å². The molecule has 1 aromatic carbocycles. The second kappa shape index (κ2) is 7.22. The van der Waals surface area contributed by atoms with E-state index in [0.29, 0.717) is 13.1 Å². The van der Waals surface area contributed by atoms with Crippen molar-refractivity contribution in [2.24, 2.45) is 0 Å². The number of carbonyl (C=O) groups excluding carboxylic acids is 2. The fraction of sp³-hybridized carbons (Fsp3) is 0.500. The molecule has 5 nitrogen and oxygen atoms in total. The first-order valence-electron chi connectivity index (χ1n) is 7.25. The lowest BCUT2D eigenvalue weighted by Crippen LogP contribution is -2.47. The summed E-state index contributed by atoms with van der Waals surface area (Å²) in [4.78, 5) is 25.8. The molecular weight excluding hydrogens is 268 g/mol. The molecule has 1 saturated heterocycles. The van der Waals surface area contributed by atoms with Crippen molar-refractivity contribution in [1.29, 1.82) is 0 Å². The van der Waals surface area contributed by atoms with Gasteiger partial charge in [0.2, 0.25) is 5.91 Å². The van der Waals surface area contributed by atoms with Crippen LogP contribution in [0.3, 0.4) is 0 Å². The quantitative estimate of drug-likeness (QED) is 0.911. The van der Waals surface area contributed by atoms with E-state index >= 15 is 0 Å². The molecule has 21 heavy (non-hydrogen) atoms. The van der Waals surface area contributed by atoms with Crippen LogP contribution < -0.4 is 5.32 Å². The molecular formula is C16H22N2O3. The van der Waals surface area contributed by atoms with Gasteiger partial charge in [-0.1, -0.05) is 18.2 Å². The molecule has 1 aliphatic heterocycles. The average molecular weight is 290 g/mol. The summed E-state index contributed by atoms with van der Waals surface area (Å²) in [5.74, 6) is -0.0176. The number of hydrogen-bond donors (Lipinski definition) is 1. The van der Waals surface area contributed by atoms with Crippen molar-refractivity contribution in [2.45, 2.75) is 25.8 Å². The van der Waals surface area contributed by atoms with Crippen LogP contribution in [0.25, 0.3) is 0 Å². The van der Waals surface area contributed by atoms with Crippen LogP contribution in [-0.4, -0.2) is 49.6 Å². The van der Waals surface area contributed by atoms with Gasteiger partial charge in [-0.3, -0.25) is 9.59 Å². The van der Waals surface area contributed by atoms with Crippen LogP contribution in [0.5, 0.6) is 0 Å². The Labute approximate surface area is 125 Å². The van der Waals surface area contributed by atoms with Crippen LogP contribution in [0.15, 0.2) is 24.3 Å². The number of nitrogens with zero attached hydrogens (tertiary/aromatic N) is 1. The van der Waals surface area contributed by atoms with Gasteiger partial charge < -0.3 is 15.0 Å². The van der Waals surface area contributed by atoms with E-state index in [1.54, 1.807) is 0 Å². The number of methoxy groups -OCH3 is 1. The van der Waals surface area contributed by atoms with E-state index in [9.17, 15) is 9.59 Å². The van der Waals surface area contributed by atoms with E-state index < -0.39 is 0 Å². The molecule has 0 atom stereocenters. The zero-order chi connectivity index (χ0) is 15.2. The third-order valence-corrected chi connectivity index (χ3v) is 3.80. The van der Waals surface area contributed by atoms with Gasteiger partial charge in [0.25, 0.3) is 5.91 Å². The SMILES string of the molecule is COCC(=O)NC1CCN(C(=O)c2ccccc2C)CC1. The lowest BCUT2D eigenvalue weighted by molar-refractivity contribution is -0.125. The van der Waals surface area contributed by atoms with Crippen molar-refractivity contribution in [1.82, 2.24) is 10.2 Å². The van der Waals surface area contributed by atoms with Gasteiger partial charge >= 0.3 is 0 Å². The monoisotopic (exact) mass is 290 g/mol. The Bertz CT molecular complexity index is 508. The van der Waals surface area contributed by atoms with Crippen molar-refractivity contribution in [3.8, 4) is 0 Å². The smallest absolute Gasteiger partial charge is 0.254 e. The van der Waals surface area contributed by atoms with Crippen LogP contribution >= 0.6 is 0 Å². The Hall–Kier alpha value is -1.88. The highest BCUT2D eigenvalue weighted by Gasteiger charge is 2.25. The molecule has 0 bridgehead atoms. The maximum Gasteiger partial charge on any atom is 0.254 e. The molecule has 1 N–H and O–H groups in total. The minimum absolute atomic E-state index is 0.0785. The van der Waals surface area contributed by atoms with Crippen LogP contribution in [-0.2, 0) is 9.53 Å². The van der Waals surface area contributed by atoms with Gasteiger partial charge in [-0.25, -0.2) is 0 Å². The van der Waals surface area contributed by atoms with E-state index in [2.05, 4.69) is 5.32 Å². The lowest BCUT2D eigenvalue weighted by atomic mass is 10.0. The summed E-state index contributed by atoms with van der Waals surface area (Å²) in [7, 11) is 1.50. The molecule has 5 heteroatoms. The molecule has 0 saturated carbocycles. The molecule has 2 rings (SSSR count). The summed E-state index contributed by atoms with van der Waals surface area (Å²) in [6, 6.07) is 7.77. The Balaban J connectivity index is 1.88. The van der Waals surface area contributed by atoms with Gasteiger partial charge in [-0.05, 0) is 31.4 Å². The highest BCUT2D eigenvalue weighted by molar-refractivity contribution is 5.95. The predicted octanol–water partition coefficient (Wildman–Crippen LogP) is 1.36. The highest BCUT2D eigenvalue weighted by Crippen LogP contribution is 2.16. The van der Waals surface area contributed by atoms with Gasteiger partial charge in [-0.15, -0.1) is 0 Å². The number of hydrogen-bond acceptors (Lipinski definition) is 3. The Morgan fingerprint density at radius 2 is 1.95 bits per heavy atom. The van der Waals surface area contributed by atoms with E-state index in [1.165, 1.54) is 7.11 Å². The van der Waals surface area contributed by atoms with Crippen molar-refractivity contribution in [3.63, 3.8) is 0 Å². The molecule has 0 unspecified atom stereocenters. The van der Waals surface area contributed by atoms with E-state index in [0.717, 1.165) is 24.0 Å². The van der Waals surface area contributed by atoms with Crippen molar-refractivity contribution in [3.05, 3.63) is 35.4 Å². The summed E-state index contributed by atoms with van der Waals surface area (Å²) < 4.78 is 4.80. The molecule has 1 aliphatic rings. The molecule has 114 valence electrons. The maximum atomic E-state index is 12.5. The summed E-state index contributed by atoms with van der Waals surface area (Å²) >= 11 is 0. The van der Waals surface area contributed by atoms with Gasteiger partial charge in [0.05, 0.1) is 0 Å². The van der Waals surface area contributed by atoms with Crippen LogP contribution in [0.4, 0.5) is 0 Å². The third kappa shape index (κ3) is 4.04. The fourth-order valence-electron chi connectivity index (χ4n) is 2.61. The van der Waals surface area contributed by atoms with Crippen molar-refractivity contribution in [2.75, 3.05) is 26.8 Å². The average Bonchev–Trinajstić information content (AvgIpc) is 2.48. The first-order chi connectivity index (χ1) is 10.1. The number of rotatable bonds is 4. The van der Waals surface area contributed by atoms with E-state index in [4.69, 9.17) is 4.74 Å². The number of benzene rings is 1. The van der Waals surface area contributed by atoms with Gasteiger partial charge in [0.1, 0.15) is 6.61 Å². The molecule has 0 spiro atoms. The zero-order valence-electron chi connectivity index (χ0n) is 12.6. The Kier molecular flexibility index (Phi) is 5.33. The van der Waals surface area contributed by atoms with E-state index in [1.807, 2.05) is 36.1 Å². The Morgan fingerprint density at radius 3 is 2.57 bits per heavy atom. The number of carbonyl (C=O) groups is 2. The lowest BCUT2D eigenvalue weighted by Gasteiger charge is -2.32. The van der Waals surface area contributed by atoms with Crippen molar-refractivity contribution >= 4 is 11.8 Å². The minimum atomic E-state index is -0.0961. The number of piperidine rings is 1. The summed E-state index contributed by atoms with van der Waals surface area (Å²) in [5, 5.41) is 2.93. The van der Waals surface area contributed by atoms with Crippen LogP contribution in [0.2, 0.25) is 0 Å². The molecule has 1 heterocycles. The maximum absolute atomic E-state index is 12.5. The number of likely N-dealkylation sites (tertiary alicyclic amines) is 1. The second-order valence-corrected chi connectivity index (χ2v) is 5.38. The fourth-order valence-corrected chi connectivity index (χ4v) is 2.61.